The van der Waals surface area contributed by atoms with Crippen LogP contribution >= 0.6 is 40.7 Å². The van der Waals surface area contributed by atoms with Crippen molar-refractivity contribution in [2.45, 2.75) is 19.9 Å². The van der Waals surface area contributed by atoms with Gasteiger partial charge in [-0.1, -0.05) is 35.0 Å². The molecule has 0 saturated carbocycles. The van der Waals surface area contributed by atoms with Crippen molar-refractivity contribution in [2.75, 3.05) is 19.6 Å². The largest absolute Gasteiger partial charge is 0.317 e. The molecule has 0 atom stereocenters. The Kier molecular flexibility index (Phi) is 14.5. The Morgan fingerprint density at radius 3 is 2.47 bits per heavy atom. The van der Waals surface area contributed by atoms with Crippen LogP contribution < -0.4 is 10.6 Å². The van der Waals surface area contributed by atoms with Crippen LogP contribution in [0.4, 0.5) is 0 Å². The fraction of sp³-hybridized carbons (Fsp3) is 0.500. The molecule has 0 amide bonds. The average molecular weight is 344 g/mol. The lowest BCUT2D eigenvalue weighted by molar-refractivity contribution is 0.606. The lowest BCUT2D eigenvalue weighted by Gasteiger charge is -2.05. The molecule has 0 aliphatic heterocycles. The summed E-state index contributed by atoms with van der Waals surface area (Å²) in [6.45, 7) is 6.31. The summed E-state index contributed by atoms with van der Waals surface area (Å²) >= 11 is 3.47. The SMILES string of the molecule is CCNCCCNCc1cccc(Br)c1.Cl.Cl. The summed E-state index contributed by atoms with van der Waals surface area (Å²) in [5, 5.41) is 6.74. The number of benzene rings is 1. The smallest absolute Gasteiger partial charge is 0.0205 e. The van der Waals surface area contributed by atoms with E-state index < -0.39 is 0 Å². The van der Waals surface area contributed by atoms with Crippen LogP contribution in [0.25, 0.3) is 0 Å². The van der Waals surface area contributed by atoms with Gasteiger partial charge >= 0.3 is 0 Å². The lowest BCUT2D eigenvalue weighted by atomic mass is 10.2. The number of nitrogens with one attached hydrogen (secondary N) is 2. The Balaban J connectivity index is 0. The second-order valence-corrected chi connectivity index (χ2v) is 4.43. The average Bonchev–Trinajstić information content (AvgIpc) is 2.23. The van der Waals surface area contributed by atoms with Crippen molar-refractivity contribution in [3.8, 4) is 0 Å². The second-order valence-electron chi connectivity index (χ2n) is 3.51. The maximum absolute atomic E-state index is 3.47. The van der Waals surface area contributed by atoms with Gasteiger partial charge in [-0.2, -0.15) is 0 Å². The molecule has 17 heavy (non-hydrogen) atoms. The zero-order valence-corrected chi connectivity index (χ0v) is 13.3. The van der Waals surface area contributed by atoms with Crippen molar-refractivity contribution in [1.29, 1.82) is 0 Å². The Morgan fingerprint density at radius 1 is 1.12 bits per heavy atom. The molecule has 0 aliphatic rings. The number of rotatable bonds is 7. The normalized spacial score (nSPS) is 9.29. The second kappa shape index (κ2) is 12.7. The predicted octanol–water partition coefficient (Wildman–Crippen LogP) is 3.38. The molecule has 1 rings (SSSR count). The van der Waals surface area contributed by atoms with E-state index in [0.29, 0.717) is 0 Å². The van der Waals surface area contributed by atoms with Crippen LogP contribution in [0.1, 0.15) is 18.9 Å². The van der Waals surface area contributed by atoms with Crippen molar-refractivity contribution in [2.24, 2.45) is 0 Å². The Bertz CT molecular complexity index is 285. The number of halogens is 3. The van der Waals surface area contributed by atoms with Gasteiger partial charge in [0, 0.05) is 11.0 Å². The first kappa shape index (κ1) is 19.5. The highest BCUT2D eigenvalue weighted by atomic mass is 79.9. The molecule has 0 spiro atoms. The third kappa shape index (κ3) is 9.86. The molecule has 0 aromatic heterocycles. The molecule has 2 N–H and O–H groups in total. The van der Waals surface area contributed by atoms with Gasteiger partial charge in [0.25, 0.3) is 0 Å². The monoisotopic (exact) mass is 342 g/mol. The molecule has 0 radical (unpaired) electrons. The quantitative estimate of drug-likeness (QED) is 0.741. The first-order valence-corrected chi connectivity index (χ1v) is 6.28. The van der Waals surface area contributed by atoms with Gasteiger partial charge in [0.15, 0.2) is 0 Å². The van der Waals surface area contributed by atoms with Crippen LogP contribution in [0.5, 0.6) is 0 Å². The summed E-state index contributed by atoms with van der Waals surface area (Å²) in [6, 6.07) is 8.41. The van der Waals surface area contributed by atoms with Crippen molar-refractivity contribution >= 4 is 40.7 Å². The summed E-state index contributed by atoms with van der Waals surface area (Å²) in [5.74, 6) is 0. The molecule has 100 valence electrons. The van der Waals surface area contributed by atoms with Gasteiger partial charge in [0.05, 0.1) is 0 Å². The highest BCUT2D eigenvalue weighted by Gasteiger charge is 1.93. The molecule has 0 unspecified atom stereocenters. The van der Waals surface area contributed by atoms with E-state index in [1.165, 1.54) is 12.0 Å². The molecule has 0 saturated heterocycles. The van der Waals surface area contributed by atoms with Gasteiger partial charge in [0.1, 0.15) is 0 Å². The van der Waals surface area contributed by atoms with E-state index >= 15 is 0 Å². The Morgan fingerprint density at radius 2 is 1.82 bits per heavy atom. The highest BCUT2D eigenvalue weighted by Crippen LogP contribution is 2.11. The molecule has 1 aromatic carbocycles. The van der Waals surface area contributed by atoms with Gasteiger partial charge in [0.2, 0.25) is 0 Å². The summed E-state index contributed by atoms with van der Waals surface area (Å²) < 4.78 is 1.15. The highest BCUT2D eigenvalue weighted by molar-refractivity contribution is 9.10. The summed E-state index contributed by atoms with van der Waals surface area (Å²) in [4.78, 5) is 0. The van der Waals surface area contributed by atoms with Crippen molar-refractivity contribution in [3.05, 3.63) is 34.3 Å². The van der Waals surface area contributed by atoms with Crippen LogP contribution in [0.15, 0.2) is 28.7 Å². The minimum absolute atomic E-state index is 0. The van der Waals surface area contributed by atoms with Crippen LogP contribution in [-0.2, 0) is 6.54 Å². The first-order chi connectivity index (χ1) is 7.33. The molecule has 0 aliphatic carbocycles. The summed E-state index contributed by atoms with van der Waals surface area (Å²) in [6.07, 6.45) is 1.18. The molecule has 0 bridgehead atoms. The molecule has 0 fully saturated rings. The molecule has 2 nitrogen and oxygen atoms in total. The third-order valence-electron chi connectivity index (χ3n) is 2.18. The van der Waals surface area contributed by atoms with Gasteiger partial charge in [-0.15, -0.1) is 24.8 Å². The molecule has 1 aromatic rings. The van der Waals surface area contributed by atoms with Crippen LogP contribution in [0, 0.1) is 0 Å². The first-order valence-electron chi connectivity index (χ1n) is 5.49. The molecular formula is C12H21BrCl2N2. The van der Waals surface area contributed by atoms with E-state index in [2.05, 4.69) is 57.8 Å². The minimum Gasteiger partial charge on any atom is -0.317 e. The molecule has 0 heterocycles. The predicted molar refractivity (Wildman–Crippen MR) is 83.5 cm³/mol. The van der Waals surface area contributed by atoms with E-state index in [0.717, 1.165) is 30.7 Å². The van der Waals surface area contributed by atoms with E-state index in [1.807, 2.05) is 0 Å². The van der Waals surface area contributed by atoms with Crippen molar-refractivity contribution < 1.29 is 0 Å². The minimum atomic E-state index is 0. The van der Waals surface area contributed by atoms with Crippen LogP contribution in [-0.4, -0.2) is 19.6 Å². The standard InChI is InChI=1S/C12H19BrN2.2ClH/c1-2-14-7-4-8-15-10-11-5-3-6-12(13)9-11;;/h3,5-6,9,14-15H,2,4,7-8,10H2,1H3;2*1H. The third-order valence-corrected chi connectivity index (χ3v) is 2.67. The molecular weight excluding hydrogens is 323 g/mol. The van der Waals surface area contributed by atoms with Gasteiger partial charge in [-0.25, -0.2) is 0 Å². The summed E-state index contributed by atoms with van der Waals surface area (Å²) in [7, 11) is 0. The fourth-order valence-electron chi connectivity index (χ4n) is 1.39. The van der Waals surface area contributed by atoms with E-state index in [9.17, 15) is 0 Å². The summed E-state index contributed by atoms with van der Waals surface area (Å²) in [5.41, 5.74) is 1.33. The van der Waals surface area contributed by atoms with E-state index in [1.54, 1.807) is 0 Å². The zero-order chi connectivity index (χ0) is 10.9. The van der Waals surface area contributed by atoms with Crippen LogP contribution in [0.2, 0.25) is 0 Å². The maximum Gasteiger partial charge on any atom is 0.0205 e. The Labute approximate surface area is 125 Å². The van der Waals surface area contributed by atoms with E-state index in [-0.39, 0.29) is 24.8 Å². The number of hydrogen-bond donors (Lipinski definition) is 2. The van der Waals surface area contributed by atoms with Crippen molar-refractivity contribution in [1.82, 2.24) is 10.6 Å². The van der Waals surface area contributed by atoms with E-state index in [4.69, 9.17) is 0 Å². The van der Waals surface area contributed by atoms with Gasteiger partial charge in [-0.05, 0) is 43.8 Å². The maximum atomic E-state index is 3.47. The fourth-order valence-corrected chi connectivity index (χ4v) is 1.84. The lowest BCUT2D eigenvalue weighted by Crippen LogP contribution is -2.21. The topological polar surface area (TPSA) is 24.1 Å². The zero-order valence-electron chi connectivity index (χ0n) is 10.0. The van der Waals surface area contributed by atoms with Gasteiger partial charge in [-0.3, -0.25) is 0 Å². The van der Waals surface area contributed by atoms with Gasteiger partial charge < -0.3 is 10.6 Å². The van der Waals surface area contributed by atoms with Crippen molar-refractivity contribution in [3.63, 3.8) is 0 Å². The Hall–Kier alpha value is 0.200. The van der Waals surface area contributed by atoms with Crippen LogP contribution in [0.3, 0.4) is 0 Å². The molecule has 5 heteroatoms. The number of hydrogen-bond acceptors (Lipinski definition) is 2.